The van der Waals surface area contributed by atoms with E-state index in [0.717, 1.165) is 47.3 Å². The molecule has 0 radical (unpaired) electrons. The van der Waals surface area contributed by atoms with Gasteiger partial charge in [0.05, 0.1) is 36.5 Å². The van der Waals surface area contributed by atoms with Gasteiger partial charge in [-0.05, 0) is 25.0 Å². The number of nitrogens with one attached hydrogen (secondary N) is 1. The maximum Gasteiger partial charge on any atom is 0.230 e. The molecule has 4 rings (SSSR count). The maximum absolute atomic E-state index is 12.4. The third kappa shape index (κ3) is 4.68. The first-order chi connectivity index (χ1) is 14.8. The van der Waals surface area contributed by atoms with E-state index in [4.69, 9.17) is 9.47 Å². The van der Waals surface area contributed by atoms with Crippen molar-refractivity contribution in [3.63, 3.8) is 0 Å². The molecule has 1 atom stereocenters. The van der Waals surface area contributed by atoms with Crippen LogP contribution in [0.4, 0.5) is 0 Å². The predicted octanol–water partition coefficient (Wildman–Crippen LogP) is 3.94. The fraction of sp³-hybridized carbons (Fsp3) is 0.304. The Bertz CT molecular complexity index is 984. The molecule has 1 aliphatic heterocycles. The van der Waals surface area contributed by atoms with Gasteiger partial charge >= 0.3 is 0 Å². The van der Waals surface area contributed by atoms with E-state index in [2.05, 4.69) is 10.3 Å². The smallest absolute Gasteiger partial charge is 0.230 e. The van der Waals surface area contributed by atoms with Crippen LogP contribution in [0.2, 0.25) is 0 Å². The number of rotatable bonds is 8. The topological polar surface area (TPSA) is 65.4 Å². The number of carbonyl (C=O) groups excluding carboxylic acids is 1. The maximum atomic E-state index is 12.4. The van der Waals surface area contributed by atoms with Crippen LogP contribution >= 0.6 is 11.8 Å². The lowest BCUT2D eigenvalue weighted by molar-refractivity contribution is -0.119. The van der Waals surface area contributed by atoms with Gasteiger partial charge in [0, 0.05) is 18.7 Å². The highest BCUT2D eigenvalue weighted by Crippen LogP contribution is 2.33. The third-order valence-electron chi connectivity index (χ3n) is 5.01. The molecule has 156 valence electrons. The van der Waals surface area contributed by atoms with Crippen LogP contribution in [0.25, 0.3) is 16.9 Å². The summed E-state index contributed by atoms with van der Waals surface area (Å²) in [6.07, 6.45) is 4.05. The number of nitrogens with zero attached hydrogens (tertiary/aromatic N) is 2. The molecule has 0 aliphatic carbocycles. The van der Waals surface area contributed by atoms with E-state index in [1.54, 1.807) is 7.11 Å². The van der Waals surface area contributed by atoms with Gasteiger partial charge < -0.3 is 14.8 Å². The fourth-order valence-electron chi connectivity index (χ4n) is 3.51. The zero-order valence-corrected chi connectivity index (χ0v) is 17.7. The normalized spacial score (nSPS) is 15.8. The number of hydrogen-bond acceptors (Lipinski definition) is 5. The van der Waals surface area contributed by atoms with Gasteiger partial charge in [0.2, 0.25) is 5.91 Å². The van der Waals surface area contributed by atoms with E-state index in [9.17, 15) is 4.79 Å². The summed E-state index contributed by atoms with van der Waals surface area (Å²) in [7, 11) is 1.66. The first-order valence-corrected chi connectivity index (χ1v) is 11.0. The van der Waals surface area contributed by atoms with E-state index in [1.807, 2.05) is 65.4 Å². The molecule has 0 spiro atoms. The third-order valence-corrected chi connectivity index (χ3v) is 5.96. The van der Waals surface area contributed by atoms with Crippen LogP contribution in [0.3, 0.4) is 0 Å². The number of imidazole rings is 1. The summed E-state index contributed by atoms with van der Waals surface area (Å²) in [5.41, 5.74) is 2.88. The van der Waals surface area contributed by atoms with Gasteiger partial charge in [-0.2, -0.15) is 0 Å². The molecule has 1 saturated heterocycles. The number of ether oxygens (including phenoxy) is 2. The minimum Gasteiger partial charge on any atom is -0.495 e. The molecular weight excluding hydrogens is 398 g/mol. The van der Waals surface area contributed by atoms with Crippen LogP contribution in [0.15, 0.2) is 66.0 Å². The van der Waals surface area contributed by atoms with E-state index < -0.39 is 0 Å². The van der Waals surface area contributed by atoms with Crippen molar-refractivity contribution in [2.75, 3.05) is 26.0 Å². The largest absolute Gasteiger partial charge is 0.495 e. The Labute approximate surface area is 180 Å². The van der Waals surface area contributed by atoms with Crippen LogP contribution in [-0.2, 0) is 9.53 Å². The van der Waals surface area contributed by atoms with E-state index >= 15 is 0 Å². The van der Waals surface area contributed by atoms with Crippen molar-refractivity contribution in [3.05, 3.63) is 60.8 Å². The second-order valence-electron chi connectivity index (χ2n) is 7.03. The van der Waals surface area contributed by atoms with Crippen LogP contribution in [-0.4, -0.2) is 47.6 Å². The van der Waals surface area contributed by atoms with Crippen LogP contribution in [0.5, 0.6) is 5.75 Å². The van der Waals surface area contributed by atoms with E-state index in [0.29, 0.717) is 6.54 Å². The summed E-state index contributed by atoms with van der Waals surface area (Å²) in [5.74, 6) is 1.01. The number of aromatic nitrogens is 2. The number of para-hydroxylation sites is 2. The highest BCUT2D eigenvalue weighted by Gasteiger charge is 2.19. The van der Waals surface area contributed by atoms with Gasteiger partial charge in [-0.15, -0.1) is 0 Å². The van der Waals surface area contributed by atoms with Gasteiger partial charge in [0.15, 0.2) is 5.16 Å². The molecule has 7 heteroatoms. The molecule has 1 aliphatic rings. The second-order valence-corrected chi connectivity index (χ2v) is 7.97. The summed E-state index contributed by atoms with van der Waals surface area (Å²) in [6.45, 7) is 1.35. The van der Waals surface area contributed by atoms with E-state index in [1.165, 1.54) is 11.8 Å². The Morgan fingerprint density at radius 1 is 1.23 bits per heavy atom. The molecule has 2 aromatic carbocycles. The lowest BCUT2D eigenvalue weighted by atomic mass is 10.1. The average molecular weight is 424 g/mol. The minimum atomic E-state index is -0.0219. The standard InChI is InChI=1S/C23H25N3O3S/c1-28-21-12-6-5-11-19(21)26-20(17-8-3-2-4-9-17)15-25-23(26)30-16-22(27)24-14-18-10-7-13-29-18/h2-6,8-9,11-12,15,18H,7,10,13-14,16H2,1H3,(H,24,27). The molecule has 1 amide bonds. The summed E-state index contributed by atoms with van der Waals surface area (Å²) in [5, 5.41) is 3.71. The number of thioether (sulfide) groups is 1. The van der Waals surface area contributed by atoms with Crippen molar-refractivity contribution >= 4 is 17.7 Å². The highest BCUT2D eigenvalue weighted by molar-refractivity contribution is 7.99. The van der Waals surface area contributed by atoms with Crippen molar-refractivity contribution in [2.45, 2.75) is 24.1 Å². The highest BCUT2D eigenvalue weighted by atomic mass is 32.2. The number of amides is 1. The Balaban J connectivity index is 1.57. The molecule has 1 aromatic heterocycles. The van der Waals surface area contributed by atoms with Crippen LogP contribution in [0, 0.1) is 0 Å². The molecule has 1 N–H and O–H groups in total. The molecule has 2 heterocycles. The van der Waals surface area contributed by atoms with Gasteiger partial charge in [0.1, 0.15) is 5.75 Å². The summed E-state index contributed by atoms with van der Waals surface area (Å²) in [6, 6.07) is 17.9. The molecule has 1 unspecified atom stereocenters. The molecule has 1 fully saturated rings. The molecule has 30 heavy (non-hydrogen) atoms. The number of carbonyl (C=O) groups is 1. The monoisotopic (exact) mass is 423 g/mol. The first-order valence-electron chi connectivity index (χ1n) is 10.0. The van der Waals surface area contributed by atoms with E-state index in [-0.39, 0.29) is 17.8 Å². The van der Waals surface area contributed by atoms with Gasteiger partial charge in [0.25, 0.3) is 0 Å². The molecule has 0 bridgehead atoms. The van der Waals surface area contributed by atoms with Gasteiger partial charge in [-0.25, -0.2) is 4.98 Å². The number of benzene rings is 2. The number of hydrogen-bond donors (Lipinski definition) is 1. The van der Waals surface area contributed by atoms with Crippen LogP contribution < -0.4 is 10.1 Å². The number of methoxy groups -OCH3 is 1. The SMILES string of the molecule is COc1ccccc1-n1c(-c2ccccc2)cnc1SCC(=O)NCC1CCCO1. The van der Waals surface area contributed by atoms with Gasteiger partial charge in [-0.1, -0.05) is 54.2 Å². The fourth-order valence-corrected chi connectivity index (χ4v) is 4.33. The quantitative estimate of drug-likeness (QED) is 0.556. The molecule has 6 nitrogen and oxygen atoms in total. The zero-order valence-electron chi connectivity index (χ0n) is 16.9. The van der Waals surface area contributed by atoms with Crippen LogP contribution in [0.1, 0.15) is 12.8 Å². The Morgan fingerprint density at radius 2 is 2.03 bits per heavy atom. The predicted molar refractivity (Wildman–Crippen MR) is 118 cm³/mol. The molecule has 0 saturated carbocycles. The summed E-state index contributed by atoms with van der Waals surface area (Å²) in [4.78, 5) is 17.0. The van der Waals surface area contributed by atoms with Crippen molar-refractivity contribution in [1.82, 2.24) is 14.9 Å². The van der Waals surface area contributed by atoms with Crippen molar-refractivity contribution in [1.29, 1.82) is 0 Å². The summed E-state index contributed by atoms with van der Waals surface area (Å²) >= 11 is 1.41. The van der Waals surface area contributed by atoms with Crippen molar-refractivity contribution in [2.24, 2.45) is 0 Å². The Morgan fingerprint density at radius 3 is 2.80 bits per heavy atom. The average Bonchev–Trinajstić information content (AvgIpc) is 3.46. The first kappa shape index (κ1) is 20.5. The van der Waals surface area contributed by atoms with Crippen molar-refractivity contribution in [3.8, 4) is 22.7 Å². The minimum absolute atomic E-state index is 0.0219. The molecule has 3 aromatic rings. The summed E-state index contributed by atoms with van der Waals surface area (Å²) < 4.78 is 13.2. The van der Waals surface area contributed by atoms with Gasteiger partial charge in [-0.3, -0.25) is 9.36 Å². The molecular formula is C23H25N3O3S. The Hall–Kier alpha value is -2.77. The lowest BCUT2D eigenvalue weighted by Crippen LogP contribution is -2.32. The zero-order chi connectivity index (χ0) is 20.8. The van der Waals surface area contributed by atoms with Crippen molar-refractivity contribution < 1.29 is 14.3 Å². The second kappa shape index (κ2) is 9.82. The Kier molecular flexibility index (Phi) is 6.71. The lowest BCUT2D eigenvalue weighted by Gasteiger charge is -2.15.